The second-order valence-electron chi connectivity index (χ2n) is 6.98. The van der Waals surface area contributed by atoms with E-state index in [-0.39, 0.29) is 0 Å². The van der Waals surface area contributed by atoms with E-state index in [1.54, 1.807) is 0 Å². The molecule has 3 aromatic rings. The summed E-state index contributed by atoms with van der Waals surface area (Å²) in [5.41, 5.74) is 7.18. The third-order valence-corrected chi connectivity index (χ3v) is 5.04. The minimum atomic E-state index is 0.505. The molecule has 23 heavy (non-hydrogen) atoms. The molecule has 1 aliphatic rings. The maximum absolute atomic E-state index is 6.29. The van der Waals surface area contributed by atoms with Gasteiger partial charge in [0.25, 0.3) is 0 Å². The summed E-state index contributed by atoms with van der Waals surface area (Å²) in [6.07, 6.45) is 6.72. The maximum atomic E-state index is 6.29. The van der Waals surface area contributed by atoms with Crippen LogP contribution in [0.4, 0.5) is 0 Å². The monoisotopic (exact) mass is 305 g/mol. The zero-order chi connectivity index (χ0) is 16.0. The molecule has 1 aliphatic carbocycles. The van der Waals surface area contributed by atoms with Crippen molar-refractivity contribution in [2.45, 2.75) is 52.4 Å². The van der Waals surface area contributed by atoms with Gasteiger partial charge in [0.1, 0.15) is 11.3 Å². The molecule has 0 aliphatic heterocycles. The van der Waals surface area contributed by atoms with Crippen molar-refractivity contribution in [3.63, 3.8) is 0 Å². The van der Waals surface area contributed by atoms with Crippen LogP contribution in [-0.4, -0.2) is 4.98 Å². The molecule has 0 amide bonds. The number of aromatic nitrogens is 1. The lowest BCUT2D eigenvalue weighted by atomic mass is 9.93. The molecule has 118 valence electrons. The highest BCUT2D eigenvalue weighted by Crippen LogP contribution is 2.38. The number of benzene rings is 1. The van der Waals surface area contributed by atoms with Crippen molar-refractivity contribution in [1.29, 1.82) is 0 Å². The Hall–Kier alpha value is -2.09. The summed E-state index contributed by atoms with van der Waals surface area (Å²) in [5, 5.41) is 1.33. The van der Waals surface area contributed by atoms with Crippen molar-refractivity contribution < 1.29 is 4.42 Å². The summed E-state index contributed by atoms with van der Waals surface area (Å²) in [7, 11) is 0. The van der Waals surface area contributed by atoms with E-state index in [1.165, 1.54) is 40.7 Å². The van der Waals surface area contributed by atoms with Crippen LogP contribution >= 0.6 is 0 Å². The fourth-order valence-corrected chi connectivity index (χ4v) is 3.65. The average molecular weight is 305 g/mol. The van der Waals surface area contributed by atoms with E-state index >= 15 is 0 Å². The summed E-state index contributed by atoms with van der Waals surface area (Å²) in [4.78, 5) is 4.70. The minimum absolute atomic E-state index is 0.505. The summed E-state index contributed by atoms with van der Waals surface area (Å²) >= 11 is 0. The number of hydrogen-bond donors (Lipinski definition) is 0. The number of hydrogen-bond acceptors (Lipinski definition) is 2. The van der Waals surface area contributed by atoms with Crippen LogP contribution in [0.2, 0.25) is 0 Å². The molecule has 4 rings (SSSR count). The second-order valence-corrected chi connectivity index (χ2v) is 6.98. The van der Waals surface area contributed by atoms with Gasteiger partial charge in [-0.25, -0.2) is 0 Å². The minimum Gasteiger partial charge on any atom is -0.460 e. The SMILES string of the molecule is Cc1ccc(-c2ccc(C(C)C)cn2)c2oc3c(c12)CCCC3. The normalized spacial score (nSPS) is 14.4. The van der Waals surface area contributed by atoms with E-state index < -0.39 is 0 Å². The number of furan rings is 1. The van der Waals surface area contributed by atoms with Crippen LogP contribution < -0.4 is 0 Å². The van der Waals surface area contributed by atoms with Crippen molar-refractivity contribution in [2.75, 3.05) is 0 Å². The Bertz CT molecular complexity index is 856. The Labute approximate surface area is 137 Å². The van der Waals surface area contributed by atoms with Gasteiger partial charge in [0.15, 0.2) is 0 Å². The smallest absolute Gasteiger partial charge is 0.144 e. The van der Waals surface area contributed by atoms with Crippen LogP contribution in [0.25, 0.3) is 22.2 Å². The molecule has 2 heterocycles. The van der Waals surface area contributed by atoms with Gasteiger partial charge in [0.2, 0.25) is 0 Å². The molecule has 0 spiro atoms. The van der Waals surface area contributed by atoms with Gasteiger partial charge in [0, 0.05) is 29.1 Å². The highest BCUT2D eigenvalue weighted by Gasteiger charge is 2.21. The topological polar surface area (TPSA) is 26.0 Å². The molecular formula is C21H23NO. The van der Waals surface area contributed by atoms with Crippen molar-refractivity contribution in [3.8, 4) is 11.3 Å². The maximum Gasteiger partial charge on any atom is 0.144 e. The Morgan fingerprint density at radius 2 is 1.87 bits per heavy atom. The van der Waals surface area contributed by atoms with Crippen LogP contribution in [0.15, 0.2) is 34.9 Å². The fourth-order valence-electron chi connectivity index (χ4n) is 3.65. The van der Waals surface area contributed by atoms with E-state index in [0.717, 1.165) is 29.7 Å². The second kappa shape index (κ2) is 5.52. The van der Waals surface area contributed by atoms with Crippen LogP contribution in [0.5, 0.6) is 0 Å². The molecule has 2 heteroatoms. The molecule has 0 unspecified atom stereocenters. The van der Waals surface area contributed by atoms with Crippen molar-refractivity contribution >= 4 is 11.0 Å². The number of aryl methyl sites for hydroxylation is 3. The summed E-state index contributed by atoms with van der Waals surface area (Å²) in [6.45, 7) is 6.58. The molecule has 0 radical (unpaired) electrons. The zero-order valence-electron chi connectivity index (χ0n) is 14.1. The van der Waals surface area contributed by atoms with Crippen LogP contribution in [0, 0.1) is 6.92 Å². The highest BCUT2D eigenvalue weighted by molar-refractivity contribution is 5.96. The molecule has 0 atom stereocenters. The molecule has 0 saturated carbocycles. The van der Waals surface area contributed by atoms with Gasteiger partial charge < -0.3 is 4.42 Å². The predicted molar refractivity (Wildman–Crippen MR) is 94.9 cm³/mol. The summed E-state index contributed by atoms with van der Waals surface area (Å²) in [6, 6.07) is 8.67. The van der Waals surface area contributed by atoms with Gasteiger partial charge in [-0.15, -0.1) is 0 Å². The Balaban J connectivity index is 1.90. The number of fused-ring (bicyclic) bond motifs is 3. The largest absolute Gasteiger partial charge is 0.460 e. The molecule has 0 saturated heterocycles. The first-order valence-electron chi connectivity index (χ1n) is 8.65. The molecular weight excluding hydrogens is 282 g/mol. The number of rotatable bonds is 2. The molecule has 0 N–H and O–H groups in total. The van der Waals surface area contributed by atoms with E-state index in [4.69, 9.17) is 9.40 Å². The van der Waals surface area contributed by atoms with Gasteiger partial charge in [-0.1, -0.05) is 26.0 Å². The Morgan fingerprint density at radius 3 is 2.61 bits per heavy atom. The number of nitrogens with zero attached hydrogens (tertiary/aromatic N) is 1. The van der Waals surface area contributed by atoms with Crippen LogP contribution in [-0.2, 0) is 12.8 Å². The highest BCUT2D eigenvalue weighted by atomic mass is 16.3. The third-order valence-electron chi connectivity index (χ3n) is 5.04. The lowest BCUT2D eigenvalue weighted by Gasteiger charge is -2.09. The number of pyridine rings is 1. The molecule has 1 aromatic carbocycles. The Kier molecular flexibility index (Phi) is 3.48. The van der Waals surface area contributed by atoms with Crippen molar-refractivity contribution in [2.24, 2.45) is 0 Å². The van der Waals surface area contributed by atoms with Gasteiger partial charge >= 0.3 is 0 Å². The van der Waals surface area contributed by atoms with E-state index in [1.807, 2.05) is 6.20 Å². The van der Waals surface area contributed by atoms with Gasteiger partial charge in [-0.3, -0.25) is 4.98 Å². The first-order valence-corrected chi connectivity index (χ1v) is 8.65. The molecule has 2 nitrogen and oxygen atoms in total. The van der Waals surface area contributed by atoms with Gasteiger partial charge in [-0.05, 0) is 55.4 Å². The first-order chi connectivity index (χ1) is 11.1. The van der Waals surface area contributed by atoms with E-state index in [2.05, 4.69) is 45.0 Å². The van der Waals surface area contributed by atoms with Crippen molar-refractivity contribution in [1.82, 2.24) is 4.98 Å². The molecule has 2 aromatic heterocycles. The van der Waals surface area contributed by atoms with Crippen LogP contribution in [0.1, 0.15) is 55.1 Å². The van der Waals surface area contributed by atoms with Gasteiger partial charge in [0.05, 0.1) is 5.69 Å². The van der Waals surface area contributed by atoms with Crippen molar-refractivity contribution in [3.05, 3.63) is 52.9 Å². The standard InChI is InChI=1S/C21H23NO/c1-13(2)15-9-11-18(22-12-15)16-10-8-14(3)20-17-6-4-5-7-19(17)23-21(16)20/h8-13H,4-7H2,1-3H3. The Morgan fingerprint density at radius 1 is 1.04 bits per heavy atom. The molecule has 0 fully saturated rings. The van der Waals surface area contributed by atoms with E-state index in [0.29, 0.717) is 5.92 Å². The first kappa shape index (κ1) is 14.5. The third kappa shape index (κ3) is 2.37. The summed E-state index contributed by atoms with van der Waals surface area (Å²) in [5.74, 6) is 1.70. The van der Waals surface area contributed by atoms with Gasteiger partial charge in [-0.2, -0.15) is 0 Å². The fraction of sp³-hybridized carbons (Fsp3) is 0.381. The van der Waals surface area contributed by atoms with Crippen LogP contribution in [0.3, 0.4) is 0 Å². The average Bonchev–Trinajstić information content (AvgIpc) is 2.95. The predicted octanol–water partition coefficient (Wildman–Crippen LogP) is 5.81. The lowest BCUT2D eigenvalue weighted by Crippen LogP contribution is -1.99. The zero-order valence-corrected chi connectivity index (χ0v) is 14.1. The van der Waals surface area contributed by atoms with E-state index in [9.17, 15) is 0 Å². The summed E-state index contributed by atoms with van der Waals surface area (Å²) < 4.78 is 6.29. The molecule has 0 bridgehead atoms. The lowest BCUT2D eigenvalue weighted by molar-refractivity contribution is 0.506. The quantitative estimate of drug-likeness (QED) is 0.597.